The van der Waals surface area contributed by atoms with Crippen molar-refractivity contribution in [2.45, 2.75) is 0 Å². The van der Waals surface area contributed by atoms with Crippen LogP contribution in [0.2, 0.25) is 0 Å². The second kappa shape index (κ2) is 18.2. The average Bonchev–Trinajstić information content (AvgIpc) is 0. The number of rotatable bonds is 0. The summed E-state index contributed by atoms with van der Waals surface area (Å²) in [5.74, 6) is 0. The smallest absolute Gasteiger partial charge is 0 e. The van der Waals surface area contributed by atoms with E-state index in [2.05, 4.69) is 0 Å². The van der Waals surface area contributed by atoms with Crippen LogP contribution in [0.1, 0.15) is 0 Å². The topological polar surface area (TPSA) is 0 Å². The Morgan fingerprint density at radius 3 is 0.500 bits per heavy atom. The summed E-state index contributed by atoms with van der Waals surface area (Å²) in [6.07, 6.45) is 0. The zero-order chi connectivity index (χ0) is 0. The summed E-state index contributed by atoms with van der Waals surface area (Å²) in [5, 5.41) is 0. The van der Waals surface area contributed by atoms with E-state index in [1.165, 1.54) is 0 Å². The van der Waals surface area contributed by atoms with Crippen LogP contribution in [0.4, 0.5) is 0 Å². The van der Waals surface area contributed by atoms with E-state index in [9.17, 15) is 0 Å². The molecule has 0 saturated heterocycles. The molecule has 0 aromatic carbocycles. The molecule has 4 radical (unpaired) electrons. The molecule has 4 heteroatoms. The molecule has 0 spiro atoms. The predicted octanol–water partition coefficient (Wildman–Crippen LogP) is -0.0100. The van der Waals surface area contributed by atoms with E-state index in [0.29, 0.717) is 0 Å². The third kappa shape index (κ3) is 8.83. The van der Waals surface area contributed by atoms with Crippen molar-refractivity contribution in [3.63, 3.8) is 0 Å². The van der Waals surface area contributed by atoms with Crippen LogP contribution in [0.5, 0.6) is 0 Å². The van der Waals surface area contributed by atoms with Crippen molar-refractivity contribution in [3.05, 3.63) is 0 Å². The summed E-state index contributed by atoms with van der Waals surface area (Å²) in [7, 11) is 0. The third-order valence-corrected chi connectivity index (χ3v) is 0. The molecule has 36 valence electrons. The van der Waals surface area contributed by atoms with Gasteiger partial charge in [-0.05, 0) is 0 Å². The van der Waals surface area contributed by atoms with Crippen LogP contribution < -0.4 is 0 Å². The Morgan fingerprint density at radius 2 is 0.500 bits per heavy atom. The Morgan fingerprint density at radius 1 is 0.500 bits per heavy atom. The first-order valence-corrected chi connectivity index (χ1v) is 0. The van der Waals surface area contributed by atoms with Crippen LogP contribution in [-0.2, 0) is 75.2 Å². The van der Waals surface area contributed by atoms with Gasteiger partial charge in [-0.2, -0.15) is 0 Å². The van der Waals surface area contributed by atoms with Gasteiger partial charge in [-0.1, -0.05) is 0 Å². The molecule has 0 atom stereocenters. The van der Waals surface area contributed by atoms with Gasteiger partial charge in [0.15, 0.2) is 0 Å². The molecular formula is CoRh3. The first kappa shape index (κ1) is 32.6. The predicted molar refractivity (Wildman–Crippen MR) is 0 cm³/mol. The molecule has 0 fully saturated rings. The Bertz CT molecular complexity index is 3.25. The molecule has 0 saturated carbocycles. The minimum absolute atomic E-state index is 0. The van der Waals surface area contributed by atoms with Gasteiger partial charge in [-0.3, -0.25) is 0 Å². The van der Waals surface area contributed by atoms with Gasteiger partial charge in [0, 0.05) is 75.2 Å². The molecule has 0 aromatic heterocycles. The summed E-state index contributed by atoms with van der Waals surface area (Å²) in [6.45, 7) is 0. The maximum Gasteiger partial charge on any atom is 0 e. The first-order chi connectivity index (χ1) is 0. The van der Waals surface area contributed by atoms with Gasteiger partial charge in [0.2, 0.25) is 0 Å². The fraction of sp³-hybridized carbons (Fsp3) is 0. The summed E-state index contributed by atoms with van der Waals surface area (Å²) in [4.78, 5) is 0. The van der Waals surface area contributed by atoms with Crippen molar-refractivity contribution in [2.75, 3.05) is 0 Å². The number of hydrogen-bond acceptors (Lipinski definition) is 0. The summed E-state index contributed by atoms with van der Waals surface area (Å²) >= 11 is 0. The van der Waals surface area contributed by atoms with Gasteiger partial charge in [0.05, 0.1) is 0 Å². The van der Waals surface area contributed by atoms with Crippen molar-refractivity contribution in [3.8, 4) is 0 Å². The van der Waals surface area contributed by atoms with Gasteiger partial charge in [-0.25, -0.2) is 0 Å². The minimum atomic E-state index is 0. The van der Waals surface area contributed by atoms with Crippen LogP contribution in [0.3, 0.4) is 0 Å². The van der Waals surface area contributed by atoms with Gasteiger partial charge in [0.1, 0.15) is 0 Å². The largest absolute Gasteiger partial charge is 0 e. The van der Waals surface area contributed by atoms with E-state index in [1.807, 2.05) is 0 Å². The van der Waals surface area contributed by atoms with Crippen LogP contribution in [-0.4, -0.2) is 0 Å². The fourth-order valence-electron chi connectivity index (χ4n) is 0. The van der Waals surface area contributed by atoms with Crippen molar-refractivity contribution in [2.24, 2.45) is 0 Å². The minimum Gasteiger partial charge on any atom is 0 e. The van der Waals surface area contributed by atoms with E-state index >= 15 is 0 Å². The van der Waals surface area contributed by atoms with Crippen molar-refractivity contribution >= 4 is 0 Å². The molecule has 0 aliphatic rings. The molecule has 0 N–H and O–H groups in total. The summed E-state index contributed by atoms with van der Waals surface area (Å²) in [5.41, 5.74) is 0. The molecule has 0 aliphatic heterocycles. The molecule has 0 unspecified atom stereocenters. The van der Waals surface area contributed by atoms with Crippen LogP contribution in [0.25, 0.3) is 0 Å². The SMILES string of the molecule is [Co].[Rh].[Rh].[Rh]. The van der Waals surface area contributed by atoms with Crippen molar-refractivity contribution in [1.82, 2.24) is 0 Å². The van der Waals surface area contributed by atoms with Crippen molar-refractivity contribution in [1.29, 1.82) is 0 Å². The molecule has 4 heavy (non-hydrogen) atoms. The first-order valence-electron chi connectivity index (χ1n) is 0. The van der Waals surface area contributed by atoms with E-state index < -0.39 is 0 Å². The molecular weight excluding hydrogens is 368 g/mol. The van der Waals surface area contributed by atoms with Crippen LogP contribution in [0, 0.1) is 0 Å². The Labute approximate surface area is 74.3 Å². The standard InChI is InChI=1S/Co.3Rh. The van der Waals surface area contributed by atoms with Gasteiger partial charge in [0.25, 0.3) is 0 Å². The molecule has 0 aliphatic carbocycles. The van der Waals surface area contributed by atoms with Gasteiger partial charge in [-0.15, -0.1) is 0 Å². The summed E-state index contributed by atoms with van der Waals surface area (Å²) in [6, 6.07) is 0. The normalized spacial score (nSPS) is 0. The zero-order valence-corrected chi connectivity index (χ0v) is 7.29. The molecule has 0 rings (SSSR count). The van der Waals surface area contributed by atoms with E-state index in [4.69, 9.17) is 0 Å². The van der Waals surface area contributed by atoms with Gasteiger partial charge >= 0.3 is 0 Å². The molecule has 0 amide bonds. The third-order valence-electron chi connectivity index (χ3n) is 0. The monoisotopic (exact) mass is 368 g/mol. The second-order valence-corrected chi connectivity index (χ2v) is 0. The maximum atomic E-state index is 0. The fourth-order valence-corrected chi connectivity index (χ4v) is 0. The molecule has 0 aromatic rings. The summed E-state index contributed by atoms with van der Waals surface area (Å²) < 4.78 is 0. The van der Waals surface area contributed by atoms with E-state index in [1.54, 1.807) is 0 Å². The van der Waals surface area contributed by atoms with Gasteiger partial charge < -0.3 is 0 Å². The van der Waals surface area contributed by atoms with Crippen LogP contribution in [0.15, 0.2) is 0 Å². The molecule has 0 bridgehead atoms. The average molecular weight is 368 g/mol. The maximum absolute atomic E-state index is 0. The molecule has 0 nitrogen and oxygen atoms in total. The Hall–Kier alpha value is 2.38. The zero-order valence-electron chi connectivity index (χ0n) is 1.33. The van der Waals surface area contributed by atoms with Crippen LogP contribution >= 0.6 is 0 Å². The van der Waals surface area contributed by atoms with E-state index in [-0.39, 0.29) is 75.2 Å². The molecule has 0 heterocycles. The quantitative estimate of drug-likeness (QED) is 0.529. The van der Waals surface area contributed by atoms with E-state index in [0.717, 1.165) is 0 Å². The van der Waals surface area contributed by atoms with Crippen molar-refractivity contribution < 1.29 is 75.2 Å². The second-order valence-electron chi connectivity index (χ2n) is 0. The Kier molecular flexibility index (Phi) is 149. The number of hydrogen-bond donors (Lipinski definition) is 0. The Balaban J connectivity index is 0.